The van der Waals surface area contributed by atoms with Crippen molar-refractivity contribution in [1.82, 2.24) is 5.32 Å². The summed E-state index contributed by atoms with van der Waals surface area (Å²) < 4.78 is 0. The van der Waals surface area contributed by atoms with Crippen LogP contribution in [-0.2, 0) is 16.0 Å². The van der Waals surface area contributed by atoms with Crippen LogP contribution in [0, 0.1) is 0 Å². The van der Waals surface area contributed by atoms with Gasteiger partial charge in [0.2, 0.25) is 5.91 Å². The molecule has 1 aromatic carbocycles. The third-order valence-electron chi connectivity index (χ3n) is 1.59. The molecule has 0 saturated carbocycles. The van der Waals surface area contributed by atoms with Gasteiger partial charge in [0, 0.05) is 0 Å². The SMILES string of the molecule is O=CCNC(=O)Cc1ccccc1. The van der Waals surface area contributed by atoms with E-state index in [1.165, 1.54) is 0 Å². The zero-order valence-corrected chi connectivity index (χ0v) is 7.19. The van der Waals surface area contributed by atoms with Crippen molar-refractivity contribution in [3.05, 3.63) is 35.9 Å². The van der Waals surface area contributed by atoms with E-state index in [-0.39, 0.29) is 12.5 Å². The molecule has 1 rings (SSSR count). The van der Waals surface area contributed by atoms with Crippen molar-refractivity contribution < 1.29 is 9.59 Å². The van der Waals surface area contributed by atoms with Crippen molar-refractivity contribution in [3.63, 3.8) is 0 Å². The van der Waals surface area contributed by atoms with Gasteiger partial charge in [-0.15, -0.1) is 0 Å². The van der Waals surface area contributed by atoms with Gasteiger partial charge in [-0.25, -0.2) is 0 Å². The van der Waals surface area contributed by atoms with Gasteiger partial charge in [0.15, 0.2) is 0 Å². The number of carbonyl (C=O) groups excluding carboxylic acids is 2. The molecule has 0 aliphatic rings. The molecule has 13 heavy (non-hydrogen) atoms. The van der Waals surface area contributed by atoms with Crippen molar-refractivity contribution in [2.75, 3.05) is 6.54 Å². The molecule has 0 fully saturated rings. The predicted octanol–water partition coefficient (Wildman–Crippen LogP) is 0.544. The van der Waals surface area contributed by atoms with Crippen LogP contribution in [0.5, 0.6) is 0 Å². The number of rotatable bonds is 4. The Kier molecular flexibility index (Phi) is 3.70. The lowest BCUT2D eigenvalue weighted by atomic mass is 10.1. The van der Waals surface area contributed by atoms with E-state index in [0.29, 0.717) is 12.7 Å². The monoisotopic (exact) mass is 177 g/mol. The van der Waals surface area contributed by atoms with E-state index in [1.54, 1.807) is 0 Å². The Morgan fingerprint density at radius 3 is 2.62 bits per heavy atom. The van der Waals surface area contributed by atoms with Crippen molar-refractivity contribution in [1.29, 1.82) is 0 Å². The average Bonchev–Trinajstić information content (AvgIpc) is 2.16. The van der Waals surface area contributed by atoms with Crippen LogP contribution in [0.15, 0.2) is 30.3 Å². The zero-order valence-electron chi connectivity index (χ0n) is 7.19. The minimum Gasteiger partial charge on any atom is -0.349 e. The lowest BCUT2D eigenvalue weighted by Crippen LogP contribution is -2.26. The molecule has 68 valence electrons. The van der Waals surface area contributed by atoms with Gasteiger partial charge in [-0.1, -0.05) is 30.3 Å². The van der Waals surface area contributed by atoms with Gasteiger partial charge < -0.3 is 10.1 Å². The summed E-state index contributed by atoms with van der Waals surface area (Å²) in [6.45, 7) is 0.0890. The summed E-state index contributed by atoms with van der Waals surface area (Å²) in [5, 5.41) is 2.47. The number of amides is 1. The fourth-order valence-corrected chi connectivity index (χ4v) is 0.999. The molecule has 0 aliphatic heterocycles. The third-order valence-corrected chi connectivity index (χ3v) is 1.59. The normalized spacial score (nSPS) is 9.23. The first-order valence-electron chi connectivity index (χ1n) is 4.07. The summed E-state index contributed by atoms with van der Waals surface area (Å²) in [6.07, 6.45) is 0.998. The molecule has 0 unspecified atom stereocenters. The van der Waals surface area contributed by atoms with E-state index in [4.69, 9.17) is 0 Å². The minimum absolute atomic E-state index is 0.0890. The number of hydrogen-bond donors (Lipinski definition) is 1. The van der Waals surface area contributed by atoms with Crippen LogP contribution in [0.2, 0.25) is 0 Å². The maximum Gasteiger partial charge on any atom is 0.224 e. The smallest absolute Gasteiger partial charge is 0.224 e. The summed E-state index contributed by atoms with van der Waals surface area (Å²) in [5.41, 5.74) is 0.950. The standard InChI is InChI=1S/C10H11NO2/c12-7-6-11-10(13)8-9-4-2-1-3-5-9/h1-5,7H,6,8H2,(H,11,13). The van der Waals surface area contributed by atoms with Gasteiger partial charge in [0.1, 0.15) is 6.29 Å². The highest BCUT2D eigenvalue weighted by Gasteiger charge is 2.00. The lowest BCUT2D eigenvalue weighted by Gasteiger charge is -2.00. The van der Waals surface area contributed by atoms with Gasteiger partial charge in [-0.05, 0) is 5.56 Å². The molecule has 1 aromatic rings. The molecule has 0 saturated heterocycles. The van der Waals surface area contributed by atoms with Gasteiger partial charge in [-0.2, -0.15) is 0 Å². The number of benzene rings is 1. The molecular formula is C10H11NO2. The Hall–Kier alpha value is -1.64. The highest BCUT2D eigenvalue weighted by molar-refractivity contribution is 5.80. The molecular weight excluding hydrogens is 166 g/mol. The molecule has 0 aliphatic carbocycles. The summed E-state index contributed by atoms with van der Waals surface area (Å²) in [7, 11) is 0. The van der Waals surface area contributed by atoms with Crippen LogP contribution in [0.1, 0.15) is 5.56 Å². The van der Waals surface area contributed by atoms with Crippen LogP contribution in [-0.4, -0.2) is 18.7 Å². The lowest BCUT2D eigenvalue weighted by molar-refractivity contribution is -0.121. The number of hydrogen-bond acceptors (Lipinski definition) is 2. The maximum absolute atomic E-state index is 11.1. The largest absolute Gasteiger partial charge is 0.349 e. The summed E-state index contributed by atoms with van der Waals surface area (Å²) in [6, 6.07) is 9.40. The highest BCUT2D eigenvalue weighted by Crippen LogP contribution is 1.98. The third kappa shape index (κ3) is 3.51. The molecule has 1 amide bonds. The Bertz CT molecular complexity index is 282. The first-order chi connectivity index (χ1) is 6.33. The second-order valence-corrected chi connectivity index (χ2v) is 2.63. The number of carbonyl (C=O) groups is 2. The fraction of sp³-hybridized carbons (Fsp3) is 0.200. The Morgan fingerprint density at radius 2 is 2.00 bits per heavy atom. The van der Waals surface area contributed by atoms with Gasteiger partial charge in [0.05, 0.1) is 13.0 Å². The van der Waals surface area contributed by atoms with Crippen LogP contribution in [0.4, 0.5) is 0 Å². The number of aldehydes is 1. The molecule has 1 N–H and O–H groups in total. The van der Waals surface area contributed by atoms with Crippen LogP contribution in [0.25, 0.3) is 0 Å². The fourth-order valence-electron chi connectivity index (χ4n) is 0.999. The number of nitrogens with one attached hydrogen (secondary N) is 1. The quantitative estimate of drug-likeness (QED) is 0.682. The van der Waals surface area contributed by atoms with Crippen LogP contribution in [0.3, 0.4) is 0 Å². The summed E-state index contributed by atoms with van der Waals surface area (Å²) in [5.74, 6) is -0.127. The Labute approximate surface area is 76.8 Å². The average molecular weight is 177 g/mol. The van der Waals surface area contributed by atoms with Gasteiger partial charge >= 0.3 is 0 Å². The summed E-state index contributed by atoms with van der Waals surface area (Å²) >= 11 is 0. The first-order valence-corrected chi connectivity index (χ1v) is 4.07. The van der Waals surface area contributed by atoms with Crippen molar-refractivity contribution >= 4 is 12.2 Å². The molecule has 3 nitrogen and oxygen atoms in total. The van der Waals surface area contributed by atoms with E-state index >= 15 is 0 Å². The molecule has 3 heteroatoms. The van der Waals surface area contributed by atoms with Crippen molar-refractivity contribution in [2.24, 2.45) is 0 Å². The van der Waals surface area contributed by atoms with Crippen molar-refractivity contribution in [3.8, 4) is 0 Å². The van der Waals surface area contributed by atoms with E-state index in [0.717, 1.165) is 5.56 Å². The van der Waals surface area contributed by atoms with E-state index in [9.17, 15) is 9.59 Å². The van der Waals surface area contributed by atoms with Crippen LogP contribution >= 0.6 is 0 Å². The molecule has 0 radical (unpaired) electrons. The van der Waals surface area contributed by atoms with E-state index in [2.05, 4.69) is 5.32 Å². The molecule has 0 atom stereocenters. The zero-order chi connectivity index (χ0) is 9.52. The second-order valence-electron chi connectivity index (χ2n) is 2.63. The maximum atomic E-state index is 11.1. The van der Waals surface area contributed by atoms with E-state index < -0.39 is 0 Å². The van der Waals surface area contributed by atoms with Crippen LogP contribution < -0.4 is 5.32 Å². The predicted molar refractivity (Wildman–Crippen MR) is 49.2 cm³/mol. The Balaban J connectivity index is 2.41. The molecule has 0 spiro atoms. The minimum atomic E-state index is -0.127. The second kappa shape index (κ2) is 5.09. The van der Waals surface area contributed by atoms with Gasteiger partial charge in [-0.3, -0.25) is 4.79 Å². The molecule has 0 bridgehead atoms. The molecule has 0 aromatic heterocycles. The highest BCUT2D eigenvalue weighted by atomic mass is 16.2. The van der Waals surface area contributed by atoms with E-state index in [1.807, 2.05) is 30.3 Å². The Morgan fingerprint density at radius 1 is 1.31 bits per heavy atom. The van der Waals surface area contributed by atoms with Gasteiger partial charge in [0.25, 0.3) is 0 Å². The topological polar surface area (TPSA) is 46.2 Å². The summed E-state index contributed by atoms with van der Waals surface area (Å²) in [4.78, 5) is 21.0. The first kappa shape index (κ1) is 9.45. The van der Waals surface area contributed by atoms with Crippen molar-refractivity contribution in [2.45, 2.75) is 6.42 Å². The molecule has 0 heterocycles.